The maximum atomic E-state index is 10.1. The van der Waals surface area contributed by atoms with E-state index in [9.17, 15) is 5.11 Å². The van der Waals surface area contributed by atoms with Gasteiger partial charge in [-0.25, -0.2) is 0 Å². The normalized spacial score (nSPS) is 12.8. The van der Waals surface area contributed by atoms with Crippen molar-refractivity contribution < 1.29 is 5.11 Å². The number of rotatable bonds is 4. The zero-order valence-corrected chi connectivity index (χ0v) is 11.3. The molecule has 0 aliphatic rings. The maximum Gasteiger partial charge on any atom is 0.125 e. The van der Waals surface area contributed by atoms with Gasteiger partial charge in [0.15, 0.2) is 0 Å². The van der Waals surface area contributed by atoms with Crippen LogP contribution in [0.25, 0.3) is 11.8 Å². The highest BCUT2D eigenvalue weighted by molar-refractivity contribution is 5.78. The molecule has 0 aliphatic carbocycles. The highest BCUT2D eigenvalue weighted by Crippen LogP contribution is 2.30. The number of phenolic OH excluding ortho intramolecular Hbond substituents is 1. The number of allylic oxidation sites excluding steroid dienone is 2. The number of hydrogen-bond acceptors (Lipinski definition) is 3. The summed E-state index contributed by atoms with van der Waals surface area (Å²) >= 11 is 0. The Labute approximate surface area is 109 Å². The van der Waals surface area contributed by atoms with Crippen molar-refractivity contribution in [2.75, 3.05) is 0 Å². The predicted octanol–water partition coefficient (Wildman–Crippen LogP) is 3.12. The second-order valence-corrected chi connectivity index (χ2v) is 4.44. The summed E-state index contributed by atoms with van der Waals surface area (Å²) in [6, 6.07) is 3.69. The fraction of sp³-hybridized carbons (Fsp3) is 0.333. The van der Waals surface area contributed by atoms with Crippen LogP contribution >= 0.6 is 0 Å². The van der Waals surface area contributed by atoms with Gasteiger partial charge in [-0.1, -0.05) is 31.6 Å². The Morgan fingerprint density at radius 3 is 2.56 bits per heavy atom. The fourth-order valence-electron chi connectivity index (χ4n) is 1.96. The molecule has 18 heavy (non-hydrogen) atoms. The highest BCUT2D eigenvalue weighted by Gasteiger charge is 2.12. The fourth-order valence-corrected chi connectivity index (χ4v) is 1.96. The van der Waals surface area contributed by atoms with Crippen molar-refractivity contribution in [3.05, 3.63) is 40.6 Å². The Morgan fingerprint density at radius 2 is 2.00 bits per heavy atom. The molecule has 0 bridgehead atoms. The van der Waals surface area contributed by atoms with Crippen LogP contribution in [-0.4, -0.2) is 5.11 Å². The standard InChI is InChI=1S/C15H22N2O/c1-4-6-11-8-10(3)9-13(18)14(11)15(17)12(16)7-5-2/h4,6,8-9,18H,5,7,16-17H2,1-3H3/b6-4-,15-12-. The second-order valence-electron chi connectivity index (χ2n) is 4.44. The molecule has 3 heteroatoms. The lowest BCUT2D eigenvalue weighted by molar-refractivity contribution is 0.473. The maximum absolute atomic E-state index is 10.1. The van der Waals surface area contributed by atoms with Crippen LogP contribution in [0.5, 0.6) is 5.75 Å². The van der Waals surface area contributed by atoms with Gasteiger partial charge in [0.05, 0.1) is 5.70 Å². The minimum atomic E-state index is 0.180. The molecule has 0 amide bonds. The third kappa shape index (κ3) is 3.06. The molecule has 0 atom stereocenters. The number of nitrogens with two attached hydrogens (primary N) is 2. The Morgan fingerprint density at radius 1 is 1.33 bits per heavy atom. The van der Waals surface area contributed by atoms with E-state index >= 15 is 0 Å². The van der Waals surface area contributed by atoms with Gasteiger partial charge in [-0.3, -0.25) is 0 Å². The van der Waals surface area contributed by atoms with Gasteiger partial charge in [-0.05, 0) is 37.5 Å². The van der Waals surface area contributed by atoms with E-state index < -0.39 is 0 Å². The van der Waals surface area contributed by atoms with Crippen LogP contribution in [0.2, 0.25) is 0 Å². The molecule has 98 valence electrons. The van der Waals surface area contributed by atoms with Gasteiger partial charge in [-0.15, -0.1) is 0 Å². The average molecular weight is 246 g/mol. The smallest absolute Gasteiger partial charge is 0.125 e. The molecule has 0 fully saturated rings. The molecule has 0 saturated heterocycles. The first-order valence-electron chi connectivity index (χ1n) is 6.22. The van der Waals surface area contributed by atoms with E-state index in [1.54, 1.807) is 6.07 Å². The van der Waals surface area contributed by atoms with Crippen molar-refractivity contribution >= 4 is 11.8 Å². The average Bonchev–Trinajstić information content (AvgIpc) is 2.28. The van der Waals surface area contributed by atoms with Crippen LogP contribution in [0, 0.1) is 6.92 Å². The number of hydrogen-bond donors (Lipinski definition) is 3. The van der Waals surface area contributed by atoms with E-state index in [1.165, 1.54) is 0 Å². The van der Waals surface area contributed by atoms with Crippen molar-refractivity contribution in [2.45, 2.75) is 33.6 Å². The number of aryl methyl sites for hydroxylation is 1. The lowest BCUT2D eigenvalue weighted by atomic mass is 9.98. The van der Waals surface area contributed by atoms with E-state index in [1.807, 2.05) is 39.0 Å². The minimum absolute atomic E-state index is 0.180. The largest absolute Gasteiger partial charge is 0.507 e. The first-order valence-corrected chi connectivity index (χ1v) is 6.22. The van der Waals surface area contributed by atoms with Gasteiger partial charge in [0.2, 0.25) is 0 Å². The molecule has 0 unspecified atom stereocenters. The minimum Gasteiger partial charge on any atom is -0.507 e. The Kier molecular flexibility index (Phi) is 4.84. The van der Waals surface area contributed by atoms with E-state index in [2.05, 4.69) is 0 Å². The lowest BCUT2D eigenvalue weighted by Crippen LogP contribution is -2.10. The molecule has 1 aromatic carbocycles. The Hall–Kier alpha value is -1.90. The third-order valence-electron chi connectivity index (χ3n) is 2.77. The second kappa shape index (κ2) is 6.15. The van der Waals surface area contributed by atoms with Crippen LogP contribution in [0.4, 0.5) is 0 Å². The quantitative estimate of drug-likeness (QED) is 0.764. The first-order chi connectivity index (χ1) is 8.51. The molecule has 0 radical (unpaired) electrons. The predicted molar refractivity (Wildman–Crippen MR) is 77.8 cm³/mol. The SMILES string of the molecule is C/C=C\c1cc(C)cc(O)c1/C(N)=C(/N)CCC. The summed E-state index contributed by atoms with van der Waals surface area (Å²) in [5, 5.41) is 10.1. The summed E-state index contributed by atoms with van der Waals surface area (Å²) in [6.07, 6.45) is 5.50. The Balaban J connectivity index is 3.43. The topological polar surface area (TPSA) is 72.3 Å². The van der Waals surface area contributed by atoms with Crippen molar-refractivity contribution in [2.24, 2.45) is 11.5 Å². The summed E-state index contributed by atoms with van der Waals surface area (Å²) in [6.45, 7) is 5.91. The monoisotopic (exact) mass is 246 g/mol. The van der Waals surface area contributed by atoms with Crippen molar-refractivity contribution in [1.29, 1.82) is 0 Å². The van der Waals surface area contributed by atoms with Gasteiger partial charge in [0, 0.05) is 11.3 Å². The van der Waals surface area contributed by atoms with Gasteiger partial charge < -0.3 is 16.6 Å². The third-order valence-corrected chi connectivity index (χ3v) is 2.77. The Bertz CT molecular complexity index is 488. The van der Waals surface area contributed by atoms with Crippen LogP contribution in [0.15, 0.2) is 23.9 Å². The molecular formula is C15H22N2O. The number of aromatic hydroxyl groups is 1. The molecule has 5 N–H and O–H groups in total. The number of phenols is 1. The lowest BCUT2D eigenvalue weighted by Gasteiger charge is -2.13. The van der Waals surface area contributed by atoms with Gasteiger partial charge in [-0.2, -0.15) is 0 Å². The molecule has 0 aromatic heterocycles. The van der Waals surface area contributed by atoms with Gasteiger partial charge >= 0.3 is 0 Å². The molecule has 0 heterocycles. The van der Waals surface area contributed by atoms with E-state index in [0.717, 1.165) is 24.0 Å². The van der Waals surface area contributed by atoms with Crippen molar-refractivity contribution in [3.8, 4) is 5.75 Å². The van der Waals surface area contributed by atoms with E-state index in [0.29, 0.717) is 17.0 Å². The van der Waals surface area contributed by atoms with Gasteiger partial charge in [0.1, 0.15) is 5.75 Å². The molecule has 1 aromatic rings. The summed E-state index contributed by atoms with van der Waals surface area (Å²) < 4.78 is 0. The molecule has 1 rings (SSSR count). The zero-order valence-electron chi connectivity index (χ0n) is 11.3. The van der Waals surface area contributed by atoms with Crippen LogP contribution in [0.1, 0.15) is 43.4 Å². The molecule has 3 nitrogen and oxygen atoms in total. The van der Waals surface area contributed by atoms with Crippen LogP contribution in [-0.2, 0) is 0 Å². The molecule has 0 saturated carbocycles. The first kappa shape index (κ1) is 14.2. The van der Waals surface area contributed by atoms with Crippen molar-refractivity contribution in [1.82, 2.24) is 0 Å². The zero-order chi connectivity index (χ0) is 13.7. The van der Waals surface area contributed by atoms with Crippen LogP contribution in [0.3, 0.4) is 0 Å². The summed E-state index contributed by atoms with van der Waals surface area (Å²) in [5.41, 5.74) is 15.6. The van der Waals surface area contributed by atoms with E-state index in [4.69, 9.17) is 11.5 Å². The summed E-state index contributed by atoms with van der Waals surface area (Å²) in [4.78, 5) is 0. The summed E-state index contributed by atoms with van der Waals surface area (Å²) in [7, 11) is 0. The highest BCUT2D eigenvalue weighted by atomic mass is 16.3. The van der Waals surface area contributed by atoms with Gasteiger partial charge in [0.25, 0.3) is 0 Å². The molecule has 0 aliphatic heterocycles. The summed E-state index contributed by atoms with van der Waals surface area (Å²) in [5.74, 6) is 0.180. The molecule has 0 spiro atoms. The van der Waals surface area contributed by atoms with E-state index in [-0.39, 0.29) is 5.75 Å². The van der Waals surface area contributed by atoms with Crippen LogP contribution < -0.4 is 11.5 Å². The number of benzene rings is 1. The molecular weight excluding hydrogens is 224 g/mol. The van der Waals surface area contributed by atoms with Crippen molar-refractivity contribution in [3.63, 3.8) is 0 Å².